The quantitative estimate of drug-likeness (QED) is 0.222. The standard InChI is InChI=1S/C39H29N/c1-39(2)35-16-10-9-15-31(35)32-20-19-30(25-36(32)39)40-37-21-17-28(26-11-5-3-6-12-26)23-33(37)34-24-29(18-22-38(34)40)27-13-7-4-8-14-27/h3-25H,1-2H3. The summed E-state index contributed by atoms with van der Waals surface area (Å²) in [4.78, 5) is 0. The normalized spacial score (nSPS) is 13.4. The Morgan fingerprint density at radius 3 is 1.55 bits per heavy atom. The minimum Gasteiger partial charge on any atom is -0.309 e. The predicted octanol–water partition coefficient (Wildman–Crippen LogP) is 10.4. The summed E-state index contributed by atoms with van der Waals surface area (Å²) in [5.74, 6) is 0. The van der Waals surface area contributed by atoms with Crippen molar-refractivity contribution in [2.75, 3.05) is 0 Å². The number of aromatic nitrogens is 1. The van der Waals surface area contributed by atoms with E-state index in [9.17, 15) is 0 Å². The van der Waals surface area contributed by atoms with E-state index in [1.807, 2.05) is 0 Å². The fourth-order valence-electron chi connectivity index (χ4n) is 6.75. The Kier molecular flexibility index (Phi) is 4.93. The molecule has 6 aromatic carbocycles. The summed E-state index contributed by atoms with van der Waals surface area (Å²) >= 11 is 0. The number of nitrogens with zero attached hydrogens (tertiary/aromatic N) is 1. The van der Waals surface area contributed by atoms with Crippen LogP contribution in [0.25, 0.3) is 60.9 Å². The highest BCUT2D eigenvalue weighted by atomic mass is 15.0. The number of fused-ring (bicyclic) bond motifs is 6. The minimum absolute atomic E-state index is 0.0400. The SMILES string of the molecule is CC1(C)c2ccccc2-c2ccc(-n3c4ccc(-c5ccccc5)cc4c4cc(-c5ccccc5)ccc43)cc21. The lowest BCUT2D eigenvalue weighted by atomic mass is 9.82. The number of hydrogen-bond donors (Lipinski definition) is 0. The van der Waals surface area contributed by atoms with Crippen molar-refractivity contribution in [1.82, 2.24) is 4.57 Å². The molecule has 0 saturated heterocycles. The Morgan fingerprint density at radius 2 is 0.950 bits per heavy atom. The lowest BCUT2D eigenvalue weighted by Gasteiger charge is -2.22. The third-order valence-corrected chi connectivity index (χ3v) is 8.80. The molecule has 1 aromatic heterocycles. The van der Waals surface area contributed by atoms with Crippen LogP contribution in [0, 0.1) is 0 Å². The molecule has 1 heterocycles. The zero-order valence-corrected chi connectivity index (χ0v) is 22.7. The van der Waals surface area contributed by atoms with Crippen molar-refractivity contribution in [2.45, 2.75) is 19.3 Å². The van der Waals surface area contributed by atoms with E-state index in [4.69, 9.17) is 0 Å². The summed E-state index contributed by atoms with van der Waals surface area (Å²) in [5.41, 5.74) is 14.1. The largest absolute Gasteiger partial charge is 0.309 e. The van der Waals surface area contributed by atoms with Gasteiger partial charge in [0.15, 0.2) is 0 Å². The second kappa shape index (κ2) is 8.56. The first-order valence-electron chi connectivity index (χ1n) is 14.0. The van der Waals surface area contributed by atoms with Crippen LogP contribution in [-0.4, -0.2) is 4.57 Å². The van der Waals surface area contributed by atoms with Crippen LogP contribution in [0.5, 0.6) is 0 Å². The van der Waals surface area contributed by atoms with Crippen LogP contribution in [0.1, 0.15) is 25.0 Å². The van der Waals surface area contributed by atoms with Crippen molar-refractivity contribution in [3.05, 3.63) is 151 Å². The molecule has 190 valence electrons. The molecule has 0 bridgehead atoms. The maximum Gasteiger partial charge on any atom is 0.0541 e. The smallest absolute Gasteiger partial charge is 0.0541 e. The van der Waals surface area contributed by atoms with Crippen LogP contribution in [-0.2, 0) is 5.41 Å². The Hall–Kier alpha value is -4.88. The first-order valence-corrected chi connectivity index (χ1v) is 14.0. The van der Waals surface area contributed by atoms with Gasteiger partial charge in [0.2, 0.25) is 0 Å². The highest BCUT2D eigenvalue weighted by Gasteiger charge is 2.35. The molecule has 1 nitrogen and oxygen atoms in total. The predicted molar refractivity (Wildman–Crippen MR) is 169 cm³/mol. The van der Waals surface area contributed by atoms with Gasteiger partial charge in [-0.1, -0.05) is 117 Å². The van der Waals surface area contributed by atoms with E-state index in [-0.39, 0.29) is 5.41 Å². The third kappa shape index (κ3) is 3.34. The van der Waals surface area contributed by atoms with Gasteiger partial charge in [0.25, 0.3) is 0 Å². The minimum atomic E-state index is -0.0400. The molecule has 8 rings (SSSR count). The summed E-state index contributed by atoms with van der Waals surface area (Å²) in [7, 11) is 0. The number of rotatable bonds is 3. The van der Waals surface area contributed by atoms with E-state index in [1.54, 1.807) is 0 Å². The molecule has 1 aliphatic rings. The maximum atomic E-state index is 2.45. The van der Waals surface area contributed by atoms with Crippen LogP contribution in [0.15, 0.2) is 140 Å². The summed E-state index contributed by atoms with van der Waals surface area (Å²) in [6.45, 7) is 4.71. The van der Waals surface area contributed by atoms with Crippen LogP contribution in [0.3, 0.4) is 0 Å². The van der Waals surface area contributed by atoms with Gasteiger partial charge >= 0.3 is 0 Å². The summed E-state index contributed by atoms with van der Waals surface area (Å²) < 4.78 is 2.45. The molecule has 0 fully saturated rings. The van der Waals surface area contributed by atoms with Gasteiger partial charge in [-0.25, -0.2) is 0 Å². The molecule has 1 heteroatoms. The van der Waals surface area contributed by atoms with Gasteiger partial charge in [-0.15, -0.1) is 0 Å². The van der Waals surface area contributed by atoms with E-state index in [1.165, 1.54) is 72.0 Å². The highest BCUT2D eigenvalue weighted by molar-refractivity contribution is 6.11. The molecule has 0 saturated carbocycles. The fourth-order valence-corrected chi connectivity index (χ4v) is 6.75. The molecule has 0 spiro atoms. The molecule has 0 amide bonds. The zero-order valence-electron chi connectivity index (χ0n) is 22.7. The van der Waals surface area contributed by atoms with Crippen molar-refractivity contribution < 1.29 is 0 Å². The molecule has 40 heavy (non-hydrogen) atoms. The second-order valence-electron chi connectivity index (χ2n) is 11.4. The first-order chi connectivity index (χ1) is 19.6. The van der Waals surface area contributed by atoms with Crippen LogP contribution in [0.2, 0.25) is 0 Å². The summed E-state index contributed by atoms with van der Waals surface area (Å²) in [5, 5.41) is 2.55. The van der Waals surface area contributed by atoms with Crippen LogP contribution < -0.4 is 0 Å². The average molecular weight is 512 g/mol. The van der Waals surface area contributed by atoms with Crippen molar-refractivity contribution in [2.24, 2.45) is 0 Å². The van der Waals surface area contributed by atoms with Gasteiger partial charge < -0.3 is 4.57 Å². The molecule has 0 unspecified atom stereocenters. The van der Waals surface area contributed by atoms with Gasteiger partial charge in [-0.05, 0) is 80.9 Å². The lowest BCUT2D eigenvalue weighted by Crippen LogP contribution is -2.15. The van der Waals surface area contributed by atoms with Crippen molar-refractivity contribution in [3.63, 3.8) is 0 Å². The first kappa shape index (κ1) is 23.0. The number of benzene rings is 6. The third-order valence-electron chi connectivity index (χ3n) is 8.80. The zero-order chi connectivity index (χ0) is 26.8. The molecule has 1 aliphatic carbocycles. The molecular weight excluding hydrogens is 482 g/mol. The Balaban J connectivity index is 1.39. The van der Waals surface area contributed by atoms with Crippen molar-refractivity contribution in [3.8, 4) is 39.1 Å². The van der Waals surface area contributed by atoms with Crippen LogP contribution in [0.4, 0.5) is 0 Å². The topological polar surface area (TPSA) is 4.93 Å². The summed E-state index contributed by atoms with van der Waals surface area (Å²) in [6.07, 6.45) is 0. The summed E-state index contributed by atoms with van der Waals surface area (Å²) in [6, 6.07) is 51.1. The van der Waals surface area contributed by atoms with Crippen LogP contribution >= 0.6 is 0 Å². The highest BCUT2D eigenvalue weighted by Crippen LogP contribution is 2.49. The Morgan fingerprint density at radius 1 is 0.425 bits per heavy atom. The van der Waals surface area contributed by atoms with E-state index in [0.29, 0.717) is 0 Å². The molecular formula is C39H29N. The molecule has 0 atom stereocenters. The lowest BCUT2D eigenvalue weighted by molar-refractivity contribution is 0.660. The second-order valence-corrected chi connectivity index (χ2v) is 11.4. The molecule has 7 aromatic rings. The van der Waals surface area contributed by atoms with Gasteiger partial charge in [-0.2, -0.15) is 0 Å². The van der Waals surface area contributed by atoms with Gasteiger partial charge in [0.1, 0.15) is 0 Å². The fraction of sp³-hybridized carbons (Fsp3) is 0.0769. The molecule has 0 N–H and O–H groups in total. The van der Waals surface area contributed by atoms with E-state index in [0.717, 1.165) is 0 Å². The molecule has 0 radical (unpaired) electrons. The Bertz CT molecular complexity index is 1960. The molecule has 0 aliphatic heterocycles. The average Bonchev–Trinajstić information content (AvgIpc) is 3.46. The number of hydrogen-bond acceptors (Lipinski definition) is 0. The maximum absolute atomic E-state index is 2.45. The van der Waals surface area contributed by atoms with Gasteiger partial charge in [0.05, 0.1) is 11.0 Å². The Labute approximate surface area is 235 Å². The van der Waals surface area contributed by atoms with Gasteiger partial charge in [-0.3, -0.25) is 0 Å². The van der Waals surface area contributed by atoms with E-state index in [2.05, 4.69) is 158 Å². The van der Waals surface area contributed by atoms with E-state index >= 15 is 0 Å². The van der Waals surface area contributed by atoms with E-state index < -0.39 is 0 Å². The van der Waals surface area contributed by atoms with Crippen molar-refractivity contribution >= 4 is 21.8 Å². The van der Waals surface area contributed by atoms with Gasteiger partial charge in [0, 0.05) is 21.9 Å². The monoisotopic (exact) mass is 511 g/mol. The van der Waals surface area contributed by atoms with Crippen molar-refractivity contribution in [1.29, 1.82) is 0 Å².